The molecule has 2 rings (SSSR count). The lowest BCUT2D eigenvalue weighted by Gasteiger charge is -2.24. The molecular formula is C16H22FN3O2S. The number of benzene rings is 1. The van der Waals surface area contributed by atoms with Gasteiger partial charge in [-0.1, -0.05) is 31.4 Å². The van der Waals surface area contributed by atoms with Gasteiger partial charge >= 0.3 is 0 Å². The molecule has 0 aliphatic heterocycles. The summed E-state index contributed by atoms with van der Waals surface area (Å²) in [4.78, 5) is 11.9. The number of hydrogen-bond donors (Lipinski definition) is 3. The van der Waals surface area contributed by atoms with Crippen LogP contribution in [0.5, 0.6) is 5.75 Å². The highest BCUT2D eigenvalue weighted by atomic mass is 32.1. The lowest BCUT2D eigenvalue weighted by molar-refractivity contribution is -0.127. The molecule has 0 spiro atoms. The molecule has 7 heteroatoms. The zero-order chi connectivity index (χ0) is 16.7. The number of carbonyl (C=O) groups excluding carboxylic acids is 1. The van der Waals surface area contributed by atoms with Crippen molar-refractivity contribution in [2.45, 2.75) is 51.2 Å². The van der Waals surface area contributed by atoms with Crippen LogP contribution in [0.2, 0.25) is 0 Å². The summed E-state index contributed by atoms with van der Waals surface area (Å²) in [6, 6.07) is 6.31. The first-order valence-electron chi connectivity index (χ1n) is 7.84. The molecule has 0 saturated heterocycles. The van der Waals surface area contributed by atoms with Crippen LogP contribution < -0.4 is 20.9 Å². The molecule has 1 saturated carbocycles. The van der Waals surface area contributed by atoms with Crippen molar-refractivity contribution in [1.82, 2.24) is 16.2 Å². The number of hydrazine groups is 1. The number of amides is 1. The van der Waals surface area contributed by atoms with Crippen LogP contribution >= 0.6 is 12.2 Å². The molecule has 0 heterocycles. The summed E-state index contributed by atoms with van der Waals surface area (Å²) in [5.41, 5.74) is 5.13. The number of halogens is 1. The molecule has 1 fully saturated rings. The first kappa shape index (κ1) is 17.5. The van der Waals surface area contributed by atoms with E-state index in [1.54, 1.807) is 19.1 Å². The van der Waals surface area contributed by atoms with Gasteiger partial charge in [-0.25, -0.2) is 4.39 Å². The fourth-order valence-electron chi connectivity index (χ4n) is 2.47. The van der Waals surface area contributed by atoms with E-state index in [2.05, 4.69) is 16.2 Å². The third kappa shape index (κ3) is 5.67. The largest absolute Gasteiger partial charge is 0.478 e. The van der Waals surface area contributed by atoms with Crippen LogP contribution in [0, 0.1) is 5.82 Å². The Morgan fingerprint density at radius 3 is 2.65 bits per heavy atom. The quantitative estimate of drug-likeness (QED) is 0.581. The maximum absolute atomic E-state index is 13.5. The predicted octanol–water partition coefficient (Wildman–Crippen LogP) is 2.42. The number of carbonyl (C=O) groups is 1. The first-order chi connectivity index (χ1) is 11.1. The van der Waals surface area contributed by atoms with Crippen molar-refractivity contribution in [1.29, 1.82) is 0 Å². The second-order valence-corrected chi connectivity index (χ2v) is 6.02. The molecule has 1 aliphatic rings. The van der Waals surface area contributed by atoms with Gasteiger partial charge in [0, 0.05) is 6.04 Å². The number of rotatable bonds is 4. The van der Waals surface area contributed by atoms with Crippen LogP contribution in [0.1, 0.15) is 39.0 Å². The van der Waals surface area contributed by atoms with E-state index < -0.39 is 17.8 Å². The number of thiocarbonyl (C=S) groups is 1. The van der Waals surface area contributed by atoms with E-state index in [1.165, 1.54) is 31.4 Å². The highest BCUT2D eigenvalue weighted by Gasteiger charge is 2.18. The van der Waals surface area contributed by atoms with Crippen LogP contribution in [0.4, 0.5) is 4.39 Å². The highest BCUT2D eigenvalue weighted by molar-refractivity contribution is 7.80. The van der Waals surface area contributed by atoms with Gasteiger partial charge in [0.1, 0.15) is 0 Å². The summed E-state index contributed by atoms with van der Waals surface area (Å²) < 4.78 is 18.8. The summed E-state index contributed by atoms with van der Waals surface area (Å²) in [6.07, 6.45) is 4.97. The molecule has 0 bridgehead atoms. The Labute approximate surface area is 140 Å². The van der Waals surface area contributed by atoms with Gasteiger partial charge in [0.05, 0.1) is 0 Å². The molecule has 1 aromatic carbocycles. The topological polar surface area (TPSA) is 62.4 Å². The average molecular weight is 339 g/mol. The zero-order valence-corrected chi connectivity index (χ0v) is 13.9. The Bertz CT molecular complexity index is 550. The normalized spacial score (nSPS) is 16.3. The van der Waals surface area contributed by atoms with Gasteiger partial charge in [0.15, 0.2) is 22.8 Å². The Morgan fingerprint density at radius 1 is 1.26 bits per heavy atom. The second kappa shape index (κ2) is 8.67. The van der Waals surface area contributed by atoms with Gasteiger partial charge in [-0.2, -0.15) is 0 Å². The number of ether oxygens (including phenoxy) is 1. The van der Waals surface area contributed by atoms with Gasteiger partial charge in [-0.15, -0.1) is 0 Å². The average Bonchev–Trinajstić information content (AvgIpc) is 2.55. The Kier molecular flexibility index (Phi) is 6.58. The predicted molar refractivity (Wildman–Crippen MR) is 90.4 cm³/mol. The summed E-state index contributed by atoms with van der Waals surface area (Å²) in [7, 11) is 0. The molecule has 1 aliphatic carbocycles. The standard InChI is InChI=1S/C16H22FN3O2S/c1-11(22-14-10-6-5-9-13(14)17)15(21)19-20-16(23)18-12-7-3-2-4-8-12/h5-6,9-12H,2-4,7-8H2,1H3,(H,19,21)(H2,18,20,23)/t11-/m1/s1. The molecule has 126 valence electrons. The molecule has 1 aromatic rings. The molecular weight excluding hydrogens is 317 g/mol. The number of hydrogen-bond acceptors (Lipinski definition) is 3. The zero-order valence-electron chi connectivity index (χ0n) is 13.1. The van der Waals surface area contributed by atoms with Crippen LogP contribution in [-0.2, 0) is 4.79 Å². The molecule has 1 atom stereocenters. The van der Waals surface area contributed by atoms with Crippen molar-refractivity contribution in [3.63, 3.8) is 0 Å². The van der Waals surface area contributed by atoms with E-state index in [4.69, 9.17) is 17.0 Å². The minimum atomic E-state index is -0.850. The van der Waals surface area contributed by atoms with E-state index in [0.29, 0.717) is 11.2 Å². The summed E-state index contributed by atoms with van der Waals surface area (Å²) in [5.74, 6) is -0.895. The smallest absolute Gasteiger partial charge is 0.279 e. The summed E-state index contributed by atoms with van der Waals surface area (Å²) in [5, 5.41) is 3.55. The van der Waals surface area contributed by atoms with Gasteiger partial charge in [-0.3, -0.25) is 15.6 Å². The van der Waals surface area contributed by atoms with Crippen molar-refractivity contribution in [3.05, 3.63) is 30.1 Å². The Hall–Kier alpha value is -1.89. The van der Waals surface area contributed by atoms with Crippen LogP contribution in [0.3, 0.4) is 0 Å². The van der Waals surface area contributed by atoms with Crippen molar-refractivity contribution < 1.29 is 13.9 Å². The van der Waals surface area contributed by atoms with E-state index >= 15 is 0 Å². The molecule has 0 unspecified atom stereocenters. The third-order valence-corrected chi connectivity index (χ3v) is 3.97. The van der Waals surface area contributed by atoms with Crippen LogP contribution in [0.15, 0.2) is 24.3 Å². The SMILES string of the molecule is C[C@@H](Oc1ccccc1F)C(=O)NNC(=S)NC1CCCCC1. The monoisotopic (exact) mass is 339 g/mol. The van der Waals surface area contributed by atoms with Crippen molar-refractivity contribution in [2.75, 3.05) is 0 Å². The van der Waals surface area contributed by atoms with Gasteiger partial charge < -0.3 is 10.1 Å². The van der Waals surface area contributed by atoms with Crippen molar-refractivity contribution in [3.8, 4) is 5.75 Å². The molecule has 0 radical (unpaired) electrons. The lowest BCUT2D eigenvalue weighted by Crippen LogP contribution is -2.52. The van der Waals surface area contributed by atoms with Gasteiger partial charge in [0.2, 0.25) is 0 Å². The number of para-hydroxylation sites is 1. The Morgan fingerprint density at radius 2 is 1.96 bits per heavy atom. The lowest BCUT2D eigenvalue weighted by atomic mass is 9.96. The van der Waals surface area contributed by atoms with E-state index in [0.717, 1.165) is 12.8 Å². The van der Waals surface area contributed by atoms with E-state index in [9.17, 15) is 9.18 Å². The fourth-order valence-corrected chi connectivity index (χ4v) is 2.69. The van der Waals surface area contributed by atoms with Gasteiger partial charge in [0.25, 0.3) is 5.91 Å². The maximum Gasteiger partial charge on any atom is 0.279 e. The number of nitrogens with one attached hydrogen (secondary N) is 3. The van der Waals surface area contributed by atoms with Gasteiger partial charge in [-0.05, 0) is 44.1 Å². The molecule has 3 N–H and O–H groups in total. The minimum absolute atomic E-state index is 0.0399. The van der Waals surface area contributed by atoms with Crippen LogP contribution in [-0.4, -0.2) is 23.2 Å². The second-order valence-electron chi connectivity index (χ2n) is 5.61. The minimum Gasteiger partial charge on any atom is -0.478 e. The fraction of sp³-hybridized carbons (Fsp3) is 0.500. The first-order valence-corrected chi connectivity index (χ1v) is 8.24. The van der Waals surface area contributed by atoms with Crippen LogP contribution in [0.25, 0.3) is 0 Å². The molecule has 1 amide bonds. The summed E-state index contributed by atoms with van der Waals surface area (Å²) >= 11 is 5.15. The van der Waals surface area contributed by atoms with Crippen molar-refractivity contribution in [2.24, 2.45) is 0 Å². The molecule has 23 heavy (non-hydrogen) atoms. The van der Waals surface area contributed by atoms with E-state index in [1.807, 2.05) is 0 Å². The third-order valence-electron chi connectivity index (χ3n) is 3.75. The molecule has 0 aromatic heterocycles. The molecule has 5 nitrogen and oxygen atoms in total. The van der Waals surface area contributed by atoms with Crippen molar-refractivity contribution >= 4 is 23.2 Å². The maximum atomic E-state index is 13.5. The van der Waals surface area contributed by atoms with E-state index in [-0.39, 0.29) is 5.75 Å². The highest BCUT2D eigenvalue weighted by Crippen LogP contribution is 2.17. The summed E-state index contributed by atoms with van der Waals surface area (Å²) in [6.45, 7) is 1.54. The Balaban J connectivity index is 1.73.